The number of pyridine rings is 1. The topological polar surface area (TPSA) is 99.2 Å². The predicted molar refractivity (Wildman–Crippen MR) is 115 cm³/mol. The number of fused-ring (bicyclic) bond motifs is 3. The van der Waals surface area contributed by atoms with Crippen molar-refractivity contribution in [1.82, 2.24) is 19.9 Å². The number of furan rings is 1. The Bertz CT molecular complexity index is 1300. The first-order chi connectivity index (χ1) is 15.2. The summed E-state index contributed by atoms with van der Waals surface area (Å²) in [5.41, 5.74) is 1.66. The molecule has 1 N–H and O–H groups in total. The summed E-state index contributed by atoms with van der Waals surface area (Å²) in [7, 11) is 0. The molecule has 1 aliphatic rings. The minimum atomic E-state index is -0.386. The fraction of sp³-hybridized carbons (Fsp3) is 0.304. The number of carbonyl (C=O) groups is 1. The van der Waals surface area contributed by atoms with Crippen LogP contribution in [0.1, 0.15) is 31.2 Å². The average molecular weight is 418 g/mol. The number of ether oxygens (including phenoxy) is 1. The van der Waals surface area contributed by atoms with Gasteiger partial charge in [-0.3, -0.25) is 14.2 Å². The maximum Gasteiger partial charge on any atom is 0.297 e. The van der Waals surface area contributed by atoms with Gasteiger partial charge in [0.1, 0.15) is 23.7 Å². The highest BCUT2D eigenvalue weighted by Crippen LogP contribution is 2.25. The maximum atomic E-state index is 12.8. The van der Waals surface area contributed by atoms with Gasteiger partial charge in [-0.25, -0.2) is 9.97 Å². The van der Waals surface area contributed by atoms with Crippen LogP contribution in [0.5, 0.6) is 5.88 Å². The monoisotopic (exact) mass is 418 g/mol. The normalized spacial score (nSPS) is 14.3. The third-order valence-electron chi connectivity index (χ3n) is 5.57. The lowest BCUT2D eigenvalue weighted by molar-refractivity contribution is -0.121. The van der Waals surface area contributed by atoms with Gasteiger partial charge in [0.05, 0.1) is 6.33 Å². The second-order valence-electron chi connectivity index (χ2n) is 7.72. The van der Waals surface area contributed by atoms with Crippen LogP contribution in [-0.4, -0.2) is 26.5 Å². The zero-order valence-corrected chi connectivity index (χ0v) is 16.9. The van der Waals surface area contributed by atoms with Crippen molar-refractivity contribution in [1.29, 1.82) is 0 Å². The molecule has 0 unspecified atom stereocenters. The molecule has 0 radical (unpaired) electrons. The molecule has 0 spiro atoms. The Balaban J connectivity index is 1.29. The summed E-state index contributed by atoms with van der Waals surface area (Å²) in [6.45, 7) is 0.113. The van der Waals surface area contributed by atoms with Gasteiger partial charge in [0.25, 0.3) is 5.56 Å². The number of amides is 1. The minimum absolute atomic E-state index is 0.149. The highest BCUT2D eigenvalue weighted by Gasteiger charge is 2.19. The molecule has 1 fully saturated rings. The Hall–Kier alpha value is -3.68. The van der Waals surface area contributed by atoms with Crippen LogP contribution in [0.15, 0.2) is 58.1 Å². The van der Waals surface area contributed by atoms with Crippen molar-refractivity contribution in [3.63, 3.8) is 0 Å². The van der Waals surface area contributed by atoms with Gasteiger partial charge in [0.15, 0.2) is 0 Å². The summed E-state index contributed by atoms with van der Waals surface area (Å²) in [6, 6.07) is 11.0. The van der Waals surface area contributed by atoms with E-state index in [0.29, 0.717) is 17.0 Å². The molecule has 4 aromatic rings. The Morgan fingerprint density at radius 3 is 2.87 bits per heavy atom. The fourth-order valence-corrected chi connectivity index (χ4v) is 3.96. The first-order valence-electron chi connectivity index (χ1n) is 10.4. The highest BCUT2D eigenvalue weighted by atomic mass is 16.5. The smallest absolute Gasteiger partial charge is 0.297 e. The van der Waals surface area contributed by atoms with Crippen molar-refractivity contribution in [2.24, 2.45) is 0 Å². The number of rotatable bonds is 6. The van der Waals surface area contributed by atoms with Crippen molar-refractivity contribution in [2.45, 2.75) is 44.9 Å². The molecule has 0 saturated heterocycles. The second kappa shape index (κ2) is 8.22. The molecule has 1 aromatic carbocycles. The number of nitrogens with zero attached hydrogens (tertiary/aromatic N) is 3. The number of carbonyl (C=O) groups excluding carboxylic acids is 1. The number of para-hydroxylation sites is 1. The second-order valence-corrected chi connectivity index (χ2v) is 7.72. The fourth-order valence-electron chi connectivity index (χ4n) is 3.96. The zero-order chi connectivity index (χ0) is 21.2. The number of nitrogens with one attached hydrogen (secondary N) is 1. The predicted octanol–water partition coefficient (Wildman–Crippen LogP) is 3.18. The largest absolute Gasteiger partial charge is 0.474 e. The lowest BCUT2D eigenvalue weighted by Gasteiger charge is -2.15. The molecule has 5 rings (SSSR count). The SMILES string of the molecule is O=C(Cn1cnc2c(oc3ccccc32)c1=O)NCc1cccnc1OC1CCCC1. The Labute approximate surface area is 177 Å². The number of hydrogen-bond donors (Lipinski definition) is 1. The van der Waals surface area contributed by atoms with E-state index < -0.39 is 0 Å². The molecule has 3 heterocycles. The summed E-state index contributed by atoms with van der Waals surface area (Å²) in [5.74, 6) is 0.243. The molecule has 8 nitrogen and oxygen atoms in total. The maximum absolute atomic E-state index is 12.8. The minimum Gasteiger partial charge on any atom is -0.474 e. The van der Waals surface area contributed by atoms with Crippen LogP contribution in [0.4, 0.5) is 0 Å². The molecule has 0 atom stereocenters. The van der Waals surface area contributed by atoms with Crippen LogP contribution in [0.3, 0.4) is 0 Å². The third-order valence-corrected chi connectivity index (χ3v) is 5.57. The van der Waals surface area contributed by atoms with Crippen LogP contribution >= 0.6 is 0 Å². The van der Waals surface area contributed by atoms with Gasteiger partial charge in [-0.05, 0) is 43.9 Å². The van der Waals surface area contributed by atoms with E-state index in [-0.39, 0.29) is 36.2 Å². The van der Waals surface area contributed by atoms with Crippen LogP contribution in [0, 0.1) is 0 Å². The molecular weight excluding hydrogens is 396 g/mol. The van der Waals surface area contributed by atoms with Crippen molar-refractivity contribution < 1.29 is 13.9 Å². The molecule has 1 aliphatic carbocycles. The summed E-state index contributed by atoms with van der Waals surface area (Å²) in [6.07, 6.45) is 7.65. The van der Waals surface area contributed by atoms with E-state index in [1.165, 1.54) is 23.7 Å². The molecule has 0 bridgehead atoms. The van der Waals surface area contributed by atoms with Gasteiger partial charge < -0.3 is 14.5 Å². The van der Waals surface area contributed by atoms with E-state index in [1.54, 1.807) is 12.3 Å². The van der Waals surface area contributed by atoms with E-state index in [2.05, 4.69) is 15.3 Å². The lowest BCUT2D eigenvalue weighted by atomic mass is 10.2. The number of aromatic nitrogens is 3. The molecule has 1 saturated carbocycles. The molecular formula is C23H22N4O4. The summed E-state index contributed by atoms with van der Waals surface area (Å²) < 4.78 is 12.9. The standard InChI is InChI=1S/C23H22N4O4/c28-19(25-12-15-6-5-11-24-22(15)30-16-7-1-2-8-16)13-27-14-26-20-17-9-3-4-10-18(17)31-21(20)23(27)29/h3-6,9-11,14,16H,1-2,7-8,12-13H2,(H,25,28). The van der Waals surface area contributed by atoms with Crippen molar-refractivity contribution in [3.05, 3.63) is 64.8 Å². The van der Waals surface area contributed by atoms with Crippen molar-refractivity contribution in [3.8, 4) is 5.88 Å². The van der Waals surface area contributed by atoms with Crippen molar-refractivity contribution >= 4 is 28.0 Å². The summed E-state index contributed by atoms with van der Waals surface area (Å²) in [5, 5.41) is 3.61. The zero-order valence-electron chi connectivity index (χ0n) is 16.9. The third kappa shape index (κ3) is 3.88. The van der Waals surface area contributed by atoms with Crippen molar-refractivity contribution in [2.75, 3.05) is 0 Å². The molecule has 158 valence electrons. The van der Waals surface area contributed by atoms with E-state index in [1.807, 2.05) is 30.3 Å². The van der Waals surface area contributed by atoms with Crippen LogP contribution in [-0.2, 0) is 17.9 Å². The van der Waals surface area contributed by atoms with Gasteiger partial charge >= 0.3 is 0 Å². The van der Waals surface area contributed by atoms with Gasteiger partial charge in [-0.1, -0.05) is 18.2 Å². The van der Waals surface area contributed by atoms with Gasteiger partial charge in [-0.2, -0.15) is 0 Å². The Morgan fingerprint density at radius 1 is 1.16 bits per heavy atom. The van der Waals surface area contributed by atoms with Gasteiger partial charge in [0, 0.05) is 23.7 Å². The van der Waals surface area contributed by atoms with E-state index >= 15 is 0 Å². The molecule has 8 heteroatoms. The Morgan fingerprint density at radius 2 is 2.00 bits per heavy atom. The van der Waals surface area contributed by atoms with E-state index in [4.69, 9.17) is 9.15 Å². The first kappa shape index (κ1) is 19.3. The Kier molecular flexibility index (Phi) is 5.11. The first-order valence-corrected chi connectivity index (χ1v) is 10.4. The highest BCUT2D eigenvalue weighted by molar-refractivity contribution is 6.01. The molecule has 1 amide bonds. The summed E-state index contributed by atoms with van der Waals surface area (Å²) >= 11 is 0. The van der Waals surface area contributed by atoms with E-state index in [9.17, 15) is 9.59 Å². The quantitative estimate of drug-likeness (QED) is 0.516. The molecule has 0 aliphatic heterocycles. The number of hydrogen-bond acceptors (Lipinski definition) is 6. The van der Waals surface area contributed by atoms with Crippen LogP contribution in [0.25, 0.3) is 22.1 Å². The number of benzene rings is 1. The average Bonchev–Trinajstić information content (AvgIpc) is 3.43. The molecule has 3 aromatic heterocycles. The van der Waals surface area contributed by atoms with Gasteiger partial charge in [0.2, 0.25) is 17.4 Å². The van der Waals surface area contributed by atoms with Crippen LogP contribution in [0.2, 0.25) is 0 Å². The summed E-state index contributed by atoms with van der Waals surface area (Å²) in [4.78, 5) is 33.9. The molecule has 31 heavy (non-hydrogen) atoms. The van der Waals surface area contributed by atoms with E-state index in [0.717, 1.165) is 23.8 Å². The van der Waals surface area contributed by atoms with Crippen LogP contribution < -0.4 is 15.6 Å². The van der Waals surface area contributed by atoms with Gasteiger partial charge in [-0.15, -0.1) is 0 Å². The lowest BCUT2D eigenvalue weighted by Crippen LogP contribution is -2.32.